The fourth-order valence-electron chi connectivity index (χ4n) is 3.39. The highest BCUT2D eigenvalue weighted by molar-refractivity contribution is 4.98. The molecule has 1 N–H and O–H groups in total. The summed E-state index contributed by atoms with van der Waals surface area (Å²) < 4.78 is 0. The predicted molar refractivity (Wildman–Crippen MR) is 62.8 cm³/mol. The molecule has 0 aliphatic heterocycles. The zero-order valence-electron chi connectivity index (χ0n) is 10.2. The van der Waals surface area contributed by atoms with Crippen LogP contribution in [0.15, 0.2) is 0 Å². The van der Waals surface area contributed by atoms with Crippen molar-refractivity contribution < 1.29 is 5.11 Å². The van der Waals surface area contributed by atoms with Crippen LogP contribution in [-0.2, 0) is 0 Å². The summed E-state index contributed by atoms with van der Waals surface area (Å²) >= 11 is 0. The normalized spacial score (nSPS) is 33.1. The monoisotopic (exact) mass is 222 g/mol. The molecule has 2 rings (SSSR count). The van der Waals surface area contributed by atoms with Crippen molar-refractivity contribution in [2.45, 2.75) is 56.6 Å². The molecule has 2 saturated carbocycles. The van der Waals surface area contributed by atoms with Crippen molar-refractivity contribution in [3.63, 3.8) is 0 Å². The van der Waals surface area contributed by atoms with E-state index >= 15 is 0 Å². The summed E-state index contributed by atoms with van der Waals surface area (Å²) in [7, 11) is 2.07. The van der Waals surface area contributed by atoms with Gasteiger partial charge in [0, 0.05) is 12.6 Å². The maximum atomic E-state index is 10.4. The Hall–Kier alpha value is -0.590. The molecule has 2 unspecified atom stereocenters. The summed E-state index contributed by atoms with van der Waals surface area (Å²) in [6.07, 6.45) is 7.47. The molecule has 0 amide bonds. The lowest BCUT2D eigenvalue weighted by Crippen LogP contribution is -2.45. The Balaban J connectivity index is 1.92. The van der Waals surface area contributed by atoms with Crippen LogP contribution >= 0.6 is 0 Å². The minimum atomic E-state index is -0.475. The minimum Gasteiger partial charge on any atom is -0.389 e. The first kappa shape index (κ1) is 11.9. The zero-order chi connectivity index (χ0) is 11.6. The van der Waals surface area contributed by atoms with Gasteiger partial charge in [0.25, 0.3) is 0 Å². The van der Waals surface area contributed by atoms with E-state index < -0.39 is 5.60 Å². The van der Waals surface area contributed by atoms with E-state index in [1.54, 1.807) is 0 Å². The number of likely N-dealkylation sites (N-methyl/N-ethyl adjacent to an activating group) is 1. The summed E-state index contributed by atoms with van der Waals surface area (Å²) in [6, 6.07) is 2.78. The topological polar surface area (TPSA) is 47.3 Å². The fraction of sp³-hybridized carbons (Fsp3) is 0.923. The summed E-state index contributed by atoms with van der Waals surface area (Å²) in [5, 5.41) is 19.4. The first-order chi connectivity index (χ1) is 7.64. The van der Waals surface area contributed by atoms with Crippen molar-refractivity contribution in [2.75, 3.05) is 13.6 Å². The lowest BCUT2D eigenvalue weighted by Gasteiger charge is -2.33. The molecule has 16 heavy (non-hydrogen) atoms. The van der Waals surface area contributed by atoms with E-state index in [2.05, 4.69) is 18.0 Å². The third-order valence-corrected chi connectivity index (χ3v) is 4.29. The van der Waals surface area contributed by atoms with E-state index in [-0.39, 0.29) is 5.92 Å². The Bertz CT molecular complexity index is 278. The van der Waals surface area contributed by atoms with Gasteiger partial charge in [-0.25, -0.2) is 0 Å². The lowest BCUT2D eigenvalue weighted by molar-refractivity contribution is 0.00311. The van der Waals surface area contributed by atoms with Crippen molar-refractivity contribution >= 4 is 0 Å². The van der Waals surface area contributed by atoms with Crippen LogP contribution in [0.2, 0.25) is 0 Å². The molecule has 3 heteroatoms. The molecule has 90 valence electrons. The number of hydrogen-bond donors (Lipinski definition) is 1. The van der Waals surface area contributed by atoms with Gasteiger partial charge in [-0.05, 0) is 32.7 Å². The molecule has 2 fully saturated rings. The van der Waals surface area contributed by atoms with Gasteiger partial charge >= 0.3 is 0 Å². The fourth-order valence-corrected chi connectivity index (χ4v) is 3.39. The molecule has 0 aromatic heterocycles. The molecule has 0 aromatic carbocycles. The first-order valence-corrected chi connectivity index (χ1v) is 6.47. The van der Waals surface area contributed by atoms with Gasteiger partial charge in [-0.3, -0.25) is 4.90 Å². The van der Waals surface area contributed by atoms with E-state index in [0.29, 0.717) is 6.04 Å². The molecule has 0 aromatic rings. The van der Waals surface area contributed by atoms with E-state index in [1.807, 2.05) is 0 Å². The highest BCUT2D eigenvalue weighted by Crippen LogP contribution is 2.34. The van der Waals surface area contributed by atoms with Gasteiger partial charge in [0.2, 0.25) is 0 Å². The Morgan fingerprint density at radius 2 is 2.00 bits per heavy atom. The van der Waals surface area contributed by atoms with Crippen LogP contribution in [0.25, 0.3) is 0 Å². The standard InChI is InChI=1S/C13H22N2O/c1-15(10-13(16)7-2-3-8-13)12-6-4-5-11(12)9-14/h11-12,16H,2-8,10H2,1H3. The van der Waals surface area contributed by atoms with Crippen molar-refractivity contribution in [1.82, 2.24) is 4.90 Å². The number of nitriles is 1. The second-order valence-corrected chi connectivity index (χ2v) is 5.58. The quantitative estimate of drug-likeness (QED) is 0.793. The van der Waals surface area contributed by atoms with Crippen molar-refractivity contribution in [1.29, 1.82) is 5.26 Å². The van der Waals surface area contributed by atoms with Gasteiger partial charge in [-0.1, -0.05) is 19.3 Å². The second kappa shape index (κ2) is 4.73. The number of nitrogens with zero attached hydrogens (tertiary/aromatic N) is 2. The van der Waals surface area contributed by atoms with Crippen molar-refractivity contribution in [3.8, 4) is 6.07 Å². The summed E-state index contributed by atoms with van der Waals surface area (Å²) in [5.41, 5.74) is -0.475. The van der Waals surface area contributed by atoms with Gasteiger partial charge in [0.15, 0.2) is 0 Å². The smallest absolute Gasteiger partial charge is 0.0774 e. The van der Waals surface area contributed by atoms with Crippen LogP contribution in [-0.4, -0.2) is 35.2 Å². The van der Waals surface area contributed by atoms with E-state index in [0.717, 1.165) is 51.5 Å². The average molecular weight is 222 g/mol. The molecule has 2 aliphatic carbocycles. The molecule has 3 nitrogen and oxygen atoms in total. The second-order valence-electron chi connectivity index (χ2n) is 5.58. The van der Waals surface area contributed by atoms with Gasteiger partial charge in [-0.2, -0.15) is 5.26 Å². The molecule has 0 bridgehead atoms. The van der Waals surface area contributed by atoms with E-state index in [4.69, 9.17) is 5.26 Å². The molecule has 0 heterocycles. The minimum absolute atomic E-state index is 0.176. The van der Waals surface area contributed by atoms with Crippen LogP contribution in [0.3, 0.4) is 0 Å². The van der Waals surface area contributed by atoms with Crippen LogP contribution < -0.4 is 0 Å². The third-order valence-electron chi connectivity index (χ3n) is 4.29. The van der Waals surface area contributed by atoms with E-state index in [9.17, 15) is 5.11 Å². The zero-order valence-corrected chi connectivity index (χ0v) is 10.2. The highest BCUT2D eigenvalue weighted by Gasteiger charge is 2.37. The highest BCUT2D eigenvalue weighted by atomic mass is 16.3. The average Bonchev–Trinajstić information content (AvgIpc) is 2.85. The first-order valence-electron chi connectivity index (χ1n) is 6.47. The maximum absolute atomic E-state index is 10.4. The molecule has 0 radical (unpaired) electrons. The Labute approximate surface area is 98.1 Å². The summed E-state index contributed by atoms with van der Waals surface area (Å²) in [5.74, 6) is 0.176. The predicted octanol–water partition coefficient (Wildman–Crippen LogP) is 1.92. The molecular weight excluding hydrogens is 200 g/mol. The number of rotatable bonds is 3. The SMILES string of the molecule is CN(CC1(O)CCCC1)C1CCCC1C#N. The Morgan fingerprint density at radius 1 is 1.31 bits per heavy atom. The Kier molecular flexibility index (Phi) is 3.51. The van der Waals surface area contributed by atoms with Gasteiger partial charge in [-0.15, -0.1) is 0 Å². The Morgan fingerprint density at radius 3 is 2.62 bits per heavy atom. The third kappa shape index (κ3) is 2.39. The summed E-state index contributed by atoms with van der Waals surface area (Å²) in [4.78, 5) is 2.23. The van der Waals surface area contributed by atoms with Gasteiger partial charge < -0.3 is 5.11 Å². The number of aliphatic hydroxyl groups is 1. The largest absolute Gasteiger partial charge is 0.389 e. The molecule has 2 aliphatic rings. The van der Waals surface area contributed by atoms with Gasteiger partial charge in [0.1, 0.15) is 0 Å². The van der Waals surface area contributed by atoms with Gasteiger partial charge in [0.05, 0.1) is 17.6 Å². The summed E-state index contributed by atoms with van der Waals surface area (Å²) in [6.45, 7) is 0.746. The number of hydrogen-bond acceptors (Lipinski definition) is 3. The van der Waals surface area contributed by atoms with Crippen molar-refractivity contribution in [2.24, 2.45) is 5.92 Å². The van der Waals surface area contributed by atoms with Crippen LogP contribution in [0.1, 0.15) is 44.9 Å². The molecule has 0 spiro atoms. The lowest BCUT2D eigenvalue weighted by atomic mass is 9.98. The van der Waals surface area contributed by atoms with E-state index in [1.165, 1.54) is 0 Å². The molecular formula is C13H22N2O. The molecule has 2 atom stereocenters. The van der Waals surface area contributed by atoms with Crippen molar-refractivity contribution in [3.05, 3.63) is 0 Å². The van der Waals surface area contributed by atoms with Crippen LogP contribution in [0, 0.1) is 17.2 Å². The maximum Gasteiger partial charge on any atom is 0.0774 e. The molecule has 0 saturated heterocycles. The van der Waals surface area contributed by atoms with Crippen LogP contribution in [0.5, 0.6) is 0 Å². The van der Waals surface area contributed by atoms with Crippen LogP contribution in [0.4, 0.5) is 0 Å².